The van der Waals surface area contributed by atoms with Crippen LogP contribution < -0.4 is 19.4 Å². The molecule has 2 amide bonds. The summed E-state index contributed by atoms with van der Waals surface area (Å²) in [5.74, 6) is -0.133. The molecule has 3 aromatic carbocycles. The molecule has 0 unspecified atom stereocenters. The molecule has 2 aliphatic rings. The van der Waals surface area contributed by atoms with Crippen molar-refractivity contribution in [3.8, 4) is 11.5 Å². The molecule has 0 N–H and O–H groups in total. The quantitative estimate of drug-likeness (QED) is 0.193. The predicted octanol–water partition coefficient (Wildman–Crippen LogP) is 5.53. The molecule has 7 nitrogen and oxygen atoms in total. The monoisotopic (exact) mass is 598 g/mol. The summed E-state index contributed by atoms with van der Waals surface area (Å²) in [6, 6.07) is 22.0. The van der Waals surface area contributed by atoms with E-state index in [1.807, 2.05) is 66.7 Å². The summed E-state index contributed by atoms with van der Waals surface area (Å²) >= 11 is 2.14. The normalized spacial score (nSPS) is 21.1. The van der Waals surface area contributed by atoms with Crippen LogP contribution in [0.2, 0.25) is 0 Å². The lowest BCUT2D eigenvalue weighted by Gasteiger charge is -2.29. The molecule has 0 saturated carbocycles. The predicted molar refractivity (Wildman–Crippen MR) is 145 cm³/mol. The van der Waals surface area contributed by atoms with Gasteiger partial charge in [0, 0.05) is 3.57 Å². The second-order valence-corrected chi connectivity index (χ2v) is 9.90. The summed E-state index contributed by atoms with van der Waals surface area (Å²) in [5, 5.41) is 1.69. The summed E-state index contributed by atoms with van der Waals surface area (Å²) in [4.78, 5) is 34.9. The van der Waals surface area contributed by atoms with Crippen molar-refractivity contribution in [1.29, 1.82) is 0 Å². The molecule has 36 heavy (non-hydrogen) atoms. The fourth-order valence-corrected chi connectivity index (χ4v) is 5.37. The van der Waals surface area contributed by atoms with Gasteiger partial charge in [0.25, 0.3) is 5.91 Å². The van der Waals surface area contributed by atoms with Gasteiger partial charge in [-0.15, -0.1) is 0 Å². The van der Waals surface area contributed by atoms with Crippen LogP contribution in [-0.4, -0.2) is 31.6 Å². The Kier molecular flexibility index (Phi) is 7.15. The van der Waals surface area contributed by atoms with E-state index in [9.17, 15) is 9.59 Å². The highest BCUT2D eigenvalue weighted by Crippen LogP contribution is 2.49. The number of anilines is 2. The number of methoxy groups -OCH3 is 1. The summed E-state index contributed by atoms with van der Waals surface area (Å²) in [7, 11) is 1.60. The molecule has 0 radical (unpaired) electrons. The summed E-state index contributed by atoms with van der Waals surface area (Å²) in [5.41, 5.74) is 2.14. The number of carbonyl (C=O) groups excluding carboxylic acids is 2. The zero-order chi connectivity index (χ0) is 25.2. The van der Waals surface area contributed by atoms with E-state index in [2.05, 4.69) is 29.5 Å². The Morgan fingerprint density at radius 3 is 2.42 bits per heavy atom. The van der Waals surface area contributed by atoms with Crippen molar-refractivity contribution in [3.05, 3.63) is 81.9 Å². The van der Waals surface area contributed by atoms with Gasteiger partial charge in [0.1, 0.15) is 5.92 Å². The number of rotatable bonds is 8. The summed E-state index contributed by atoms with van der Waals surface area (Å²) in [6.45, 7) is 2.70. The van der Waals surface area contributed by atoms with Crippen LogP contribution in [0.25, 0.3) is 0 Å². The fraction of sp³-hybridized carbons (Fsp3) is 0.286. The SMILES string of the molecule is CCCCOc1ccc([C@H]2[C@H]3C(=O)N(c4ccccc4I)C(=O)[C@H]3ON2c2ccccc2)cc1OC. The Morgan fingerprint density at radius 2 is 1.69 bits per heavy atom. The van der Waals surface area contributed by atoms with Crippen LogP contribution in [0.4, 0.5) is 11.4 Å². The zero-order valence-electron chi connectivity index (χ0n) is 20.1. The maximum absolute atomic E-state index is 13.8. The standard InChI is InChI=1S/C28H27IN2O5/c1-3-4-16-35-22-15-14-18(17-23(22)34-2)25-24-26(36-31(25)19-10-6-5-7-11-19)28(33)30(27(24)32)21-13-9-8-12-20(21)29/h5-15,17,24-26H,3-4,16H2,1-2H3/t24-,25+,26+/m1/s1. The van der Waals surface area contributed by atoms with Gasteiger partial charge in [-0.2, -0.15) is 0 Å². The maximum Gasteiger partial charge on any atom is 0.266 e. The van der Waals surface area contributed by atoms with Gasteiger partial charge >= 0.3 is 0 Å². The number of halogens is 1. The molecule has 2 aliphatic heterocycles. The number of amides is 2. The Bertz CT molecular complexity index is 1270. The molecule has 0 aromatic heterocycles. The van der Waals surface area contributed by atoms with Gasteiger partial charge < -0.3 is 9.47 Å². The van der Waals surface area contributed by atoms with E-state index in [0.717, 1.165) is 27.7 Å². The number of carbonyl (C=O) groups is 2. The van der Waals surface area contributed by atoms with E-state index in [0.29, 0.717) is 23.8 Å². The number of hydrogen-bond acceptors (Lipinski definition) is 6. The first kappa shape index (κ1) is 24.6. The van der Waals surface area contributed by atoms with E-state index >= 15 is 0 Å². The van der Waals surface area contributed by atoms with Crippen LogP contribution in [-0.2, 0) is 14.4 Å². The third-order valence-electron chi connectivity index (χ3n) is 6.50. The summed E-state index contributed by atoms with van der Waals surface area (Å²) < 4.78 is 12.4. The minimum Gasteiger partial charge on any atom is -0.493 e. The van der Waals surface area contributed by atoms with Crippen LogP contribution in [0.3, 0.4) is 0 Å². The van der Waals surface area contributed by atoms with Gasteiger partial charge in [-0.05, 0) is 71.0 Å². The maximum atomic E-state index is 13.8. The van der Waals surface area contributed by atoms with Gasteiger partial charge in [0.05, 0.1) is 31.1 Å². The Hall–Kier alpha value is -3.11. The van der Waals surface area contributed by atoms with Crippen molar-refractivity contribution in [2.75, 3.05) is 23.7 Å². The van der Waals surface area contributed by atoms with Gasteiger partial charge in [0.15, 0.2) is 17.6 Å². The molecular formula is C28H27IN2O5. The van der Waals surface area contributed by atoms with Gasteiger partial charge in [-0.25, -0.2) is 9.96 Å². The van der Waals surface area contributed by atoms with E-state index in [4.69, 9.17) is 14.3 Å². The first-order chi connectivity index (χ1) is 17.5. The van der Waals surface area contributed by atoms with Crippen LogP contribution in [0.1, 0.15) is 31.4 Å². The number of fused-ring (bicyclic) bond motifs is 1. The van der Waals surface area contributed by atoms with Crippen molar-refractivity contribution >= 4 is 45.8 Å². The highest BCUT2D eigenvalue weighted by Gasteiger charge is 2.60. The number of unbranched alkanes of at least 4 members (excludes halogenated alkanes) is 1. The van der Waals surface area contributed by atoms with Crippen molar-refractivity contribution < 1.29 is 23.9 Å². The van der Waals surface area contributed by atoms with Crippen LogP contribution >= 0.6 is 22.6 Å². The molecule has 5 rings (SSSR count). The number of benzene rings is 3. The first-order valence-corrected chi connectivity index (χ1v) is 13.1. The van der Waals surface area contributed by atoms with E-state index < -0.39 is 18.1 Å². The molecule has 186 valence electrons. The lowest BCUT2D eigenvalue weighted by atomic mass is 9.90. The van der Waals surface area contributed by atoms with Crippen LogP contribution in [0.5, 0.6) is 11.5 Å². The largest absolute Gasteiger partial charge is 0.493 e. The average Bonchev–Trinajstić information content (AvgIpc) is 3.41. The van der Waals surface area contributed by atoms with Crippen molar-refractivity contribution in [1.82, 2.24) is 0 Å². The molecule has 8 heteroatoms. The van der Waals surface area contributed by atoms with Gasteiger partial charge in [-0.3, -0.25) is 14.4 Å². The van der Waals surface area contributed by atoms with Gasteiger partial charge in [0.2, 0.25) is 5.91 Å². The molecular weight excluding hydrogens is 571 g/mol. The number of para-hydroxylation sites is 2. The molecule has 2 saturated heterocycles. The molecule has 3 aromatic rings. The van der Waals surface area contributed by atoms with Gasteiger partial charge in [-0.1, -0.05) is 49.7 Å². The number of hydroxylamine groups is 1. The Balaban J connectivity index is 1.56. The molecule has 0 spiro atoms. The molecule has 0 aliphatic carbocycles. The molecule has 2 fully saturated rings. The highest BCUT2D eigenvalue weighted by atomic mass is 127. The van der Waals surface area contributed by atoms with E-state index in [1.54, 1.807) is 18.2 Å². The molecule has 3 atom stereocenters. The van der Waals surface area contributed by atoms with Crippen molar-refractivity contribution in [2.45, 2.75) is 31.9 Å². The average molecular weight is 598 g/mol. The Labute approximate surface area is 224 Å². The van der Waals surface area contributed by atoms with Crippen molar-refractivity contribution in [3.63, 3.8) is 0 Å². The first-order valence-electron chi connectivity index (χ1n) is 12.0. The summed E-state index contributed by atoms with van der Waals surface area (Å²) in [6.07, 6.45) is 1.05. The van der Waals surface area contributed by atoms with Crippen LogP contribution in [0.15, 0.2) is 72.8 Å². The topological polar surface area (TPSA) is 68.3 Å². The van der Waals surface area contributed by atoms with Crippen LogP contribution in [0, 0.1) is 9.49 Å². The van der Waals surface area contributed by atoms with E-state index in [1.165, 1.54) is 4.90 Å². The second-order valence-electron chi connectivity index (χ2n) is 8.73. The minimum atomic E-state index is -0.926. The fourth-order valence-electron chi connectivity index (χ4n) is 4.74. The number of imide groups is 1. The van der Waals surface area contributed by atoms with E-state index in [-0.39, 0.29) is 11.8 Å². The third kappa shape index (κ3) is 4.32. The molecule has 2 heterocycles. The number of nitrogens with zero attached hydrogens (tertiary/aromatic N) is 2. The smallest absolute Gasteiger partial charge is 0.266 e. The second kappa shape index (κ2) is 10.5. The zero-order valence-corrected chi connectivity index (χ0v) is 22.3. The lowest BCUT2D eigenvalue weighted by molar-refractivity contribution is -0.126. The molecule has 0 bridgehead atoms. The minimum absolute atomic E-state index is 0.278. The van der Waals surface area contributed by atoms with Crippen molar-refractivity contribution in [2.24, 2.45) is 5.92 Å². The lowest BCUT2D eigenvalue weighted by Crippen LogP contribution is -2.37. The highest BCUT2D eigenvalue weighted by molar-refractivity contribution is 14.1. The number of hydrogen-bond donors (Lipinski definition) is 0. The third-order valence-corrected chi connectivity index (χ3v) is 7.42. The number of ether oxygens (including phenoxy) is 2. The Morgan fingerprint density at radius 1 is 0.944 bits per heavy atom.